The van der Waals surface area contributed by atoms with Gasteiger partial charge in [0, 0.05) is 0 Å². The normalized spacial score (nSPS) is 30.9. The molecule has 1 aromatic rings. The summed E-state index contributed by atoms with van der Waals surface area (Å²) < 4.78 is 5.53. The Labute approximate surface area is 149 Å². The zero-order valence-electron chi connectivity index (χ0n) is 15.8. The van der Waals surface area contributed by atoms with Crippen LogP contribution < -0.4 is 4.74 Å². The summed E-state index contributed by atoms with van der Waals surface area (Å²) >= 11 is 0. The Morgan fingerprint density at radius 3 is 2.00 bits per heavy atom. The molecule has 1 heteroatoms. The summed E-state index contributed by atoms with van der Waals surface area (Å²) in [5.41, 5.74) is 1.47. The highest BCUT2D eigenvalue weighted by molar-refractivity contribution is 5.27. The third-order valence-corrected chi connectivity index (χ3v) is 6.69. The molecule has 134 valence electrons. The lowest BCUT2D eigenvalue weighted by atomic mass is 9.69. The van der Waals surface area contributed by atoms with E-state index in [2.05, 4.69) is 31.2 Å². The summed E-state index contributed by atoms with van der Waals surface area (Å²) in [6.07, 6.45) is 14.6. The van der Waals surface area contributed by atoms with E-state index in [1.807, 2.05) is 6.92 Å². The molecule has 0 spiro atoms. The molecule has 1 nitrogen and oxygen atoms in total. The van der Waals surface area contributed by atoms with Crippen LogP contribution in [0.5, 0.6) is 5.75 Å². The molecule has 3 rings (SSSR count). The standard InChI is InChI=1S/C23H36O/c1-3-24-23-16-10-20(11-17-23)7-6-19-8-14-22(15-9-19)21-12-4-18(2)5-13-21/h10-11,16-19,21-22H,3-9,12-15H2,1-2H3. The number of hydrogen-bond donors (Lipinski definition) is 0. The summed E-state index contributed by atoms with van der Waals surface area (Å²) in [4.78, 5) is 0. The minimum Gasteiger partial charge on any atom is -0.494 e. The first kappa shape index (κ1) is 17.8. The molecular weight excluding hydrogens is 292 g/mol. The van der Waals surface area contributed by atoms with Crippen molar-refractivity contribution < 1.29 is 4.74 Å². The predicted molar refractivity (Wildman–Crippen MR) is 103 cm³/mol. The zero-order chi connectivity index (χ0) is 16.8. The van der Waals surface area contributed by atoms with E-state index in [0.29, 0.717) is 0 Å². The van der Waals surface area contributed by atoms with Crippen molar-refractivity contribution in [2.24, 2.45) is 23.7 Å². The van der Waals surface area contributed by atoms with E-state index in [1.54, 1.807) is 0 Å². The molecule has 24 heavy (non-hydrogen) atoms. The summed E-state index contributed by atoms with van der Waals surface area (Å²) in [7, 11) is 0. The largest absolute Gasteiger partial charge is 0.494 e. The number of rotatable bonds is 6. The van der Waals surface area contributed by atoms with E-state index in [1.165, 1.54) is 69.8 Å². The van der Waals surface area contributed by atoms with E-state index in [-0.39, 0.29) is 0 Å². The number of aryl methyl sites for hydroxylation is 1. The maximum Gasteiger partial charge on any atom is 0.119 e. The highest BCUT2D eigenvalue weighted by atomic mass is 16.5. The van der Waals surface area contributed by atoms with Gasteiger partial charge in [-0.1, -0.05) is 44.7 Å². The molecule has 2 aliphatic carbocycles. The van der Waals surface area contributed by atoms with Crippen LogP contribution in [0.3, 0.4) is 0 Å². The maximum atomic E-state index is 5.53. The first-order valence-electron chi connectivity index (χ1n) is 10.5. The third kappa shape index (κ3) is 5.01. The summed E-state index contributed by atoms with van der Waals surface area (Å²) in [5, 5.41) is 0. The fourth-order valence-corrected chi connectivity index (χ4v) is 5.00. The molecule has 0 bridgehead atoms. The number of hydrogen-bond acceptors (Lipinski definition) is 1. The lowest BCUT2D eigenvalue weighted by molar-refractivity contribution is 0.148. The van der Waals surface area contributed by atoms with Gasteiger partial charge in [0.1, 0.15) is 5.75 Å². The van der Waals surface area contributed by atoms with Crippen LogP contribution in [0.1, 0.15) is 77.2 Å². The van der Waals surface area contributed by atoms with Gasteiger partial charge in [-0.3, -0.25) is 0 Å². The van der Waals surface area contributed by atoms with Crippen molar-refractivity contribution in [1.82, 2.24) is 0 Å². The first-order valence-corrected chi connectivity index (χ1v) is 10.5. The monoisotopic (exact) mass is 328 g/mol. The van der Waals surface area contributed by atoms with Crippen molar-refractivity contribution in [3.63, 3.8) is 0 Å². The molecule has 0 aromatic heterocycles. The minimum atomic E-state index is 0.752. The average molecular weight is 329 g/mol. The van der Waals surface area contributed by atoms with Crippen LogP contribution >= 0.6 is 0 Å². The zero-order valence-corrected chi connectivity index (χ0v) is 15.8. The molecule has 1 aromatic carbocycles. The fraction of sp³-hybridized carbons (Fsp3) is 0.739. The second-order valence-corrected chi connectivity index (χ2v) is 8.42. The Morgan fingerprint density at radius 2 is 1.42 bits per heavy atom. The van der Waals surface area contributed by atoms with Crippen LogP contribution in [-0.2, 0) is 6.42 Å². The predicted octanol–water partition coefficient (Wildman–Crippen LogP) is 6.65. The molecule has 0 N–H and O–H groups in total. The Morgan fingerprint density at radius 1 is 0.833 bits per heavy atom. The van der Waals surface area contributed by atoms with E-state index < -0.39 is 0 Å². The topological polar surface area (TPSA) is 9.23 Å². The SMILES string of the molecule is CCOc1ccc(CCC2CCC(C3CCC(C)CC3)CC2)cc1. The van der Waals surface area contributed by atoms with Crippen molar-refractivity contribution in [2.45, 2.75) is 78.1 Å². The Hall–Kier alpha value is -0.980. The van der Waals surface area contributed by atoms with Gasteiger partial charge in [-0.05, 0) is 86.8 Å². The highest BCUT2D eigenvalue weighted by Crippen LogP contribution is 2.42. The van der Waals surface area contributed by atoms with Crippen molar-refractivity contribution in [3.8, 4) is 5.75 Å². The maximum absolute atomic E-state index is 5.53. The Balaban J connectivity index is 1.37. The summed E-state index contributed by atoms with van der Waals surface area (Å²) in [6, 6.07) is 8.75. The minimum absolute atomic E-state index is 0.752. The molecule has 0 amide bonds. The highest BCUT2D eigenvalue weighted by Gasteiger charge is 2.29. The average Bonchev–Trinajstić information content (AvgIpc) is 2.63. The second kappa shape index (κ2) is 8.92. The van der Waals surface area contributed by atoms with Gasteiger partial charge in [-0.25, -0.2) is 0 Å². The van der Waals surface area contributed by atoms with Crippen LogP contribution in [0, 0.1) is 23.7 Å². The van der Waals surface area contributed by atoms with E-state index in [4.69, 9.17) is 4.74 Å². The van der Waals surface area contributed by atoms with Gasteiger partial charge in [0.2, 0.25) is 0 Å². The quantitative estimate of drug-likeness (QED) is 0.568. The van der Waals surface area contributed by atoms with E-state index >= 15 is 0 Å². The first-order chi connectivity index (χ1) is 11.7. The molecule has 0 radical (unpaired) electrons. The van der Waals surface area contributed by atoms with Crippen molar-refractivity contribution >= 4 is 0 Å². The van der Waals surface area contributed by atoms with Gasteiger partial charge in [-0.15, -0.1) is 0 Å². The van der Waals surface area contributed by atoms with Crippen molar-refractivity contribution in [1.29, 1.82) is 0 Å². The van der Waals surface area contributed by atoms with Crippen molar-refractivity contribution in [2.75, 3.05) is 6.61 Å². The van der Waals surface area contributed by atoms with E-state index in [0.717, 1.165) is 36.0 Å². The van der Waals surface area contributed by atoms with Crippen molar-refractivity contribution in [3.05, 3.63) is 29.8 Å². The fourth-order valence-electron chi connectivity index (χ4n) is 5.00. The lowest BCUT2D eigenvalue weighted by Gasteiger charge is -2.37. The van der Waals surface area contributed by atoms with Crippen LogP contribution in [0.25, 0.3) is 0 Å². The van der Waals surface area contributed by atoms with Crippen LogP contribution in [-0.4, -0.2) is 6.61 Å². The van der Waals surface area contributed by atoms with Gasteiger partial charge < -0.3 is 4.74 Å². The number of ether oxygens (including phenoxy) is 1. The molecule has 0 atom stereocenters. The Kier molecular flexibility index (Phi) is 6.63. The second-order valence-electron chi connectivity index (χ2n) is 8.42. The van der Waals surface area contributed by atoms with Gasteiger partial charge >= 0.3 is 0 Å². The van der Waals surface area contributed by atoms with Gasteiger partial charge in [0.15, 0.2) is 0 Å². The third-order valence-electron chi connectivity index (χ3n) is 6.69. The molecule has 2 saturated carbocycles. The molecule has 0 saturated heterocycles. The smallest absolute Gasteiger partial charge is 0.119 e. The van der Waals surface area contributed by atoms with Crippen LogP contribution in [0.15, 0.2) is 24.3 Å². The van der Waals surface area contributed by atoms with E-state index in [9.17, 15) is 0 Å². The van der Waals surface area contributed by atoms with Crippen LogP contribution in [0.2, 0.25) is 0 Å². The van der Waals surface area contributed by atoms with Gasteiger partial charge in [0.25, 0.3) is 0 Å². The lowest BCUT2D eigenvalue weighted by Crippen LogP contribution is -2.25. The molecule has 0 unspecified atom stereocenters. The Bertz CT molecular complexity index is 461. The molecule has 0 aliphatic heterocycles. The molecule has 0 heterocycles. The molecule has 2 fully saturated rings. The number of benzene rings is 1. The van der Waals surface area contributed by atoms with Gasteiger partial charge in [0.05, 0.1) is 6.61 Å². The van der Waals surface area contributed by atoms with Gasteiger partial charge in [-0.2, -0.15) is 0 Å². The van der Waals surface area contributed by atoms with Crippen LogP contribution in [0.4, 0.5) is 0 Å². The summed E-state index contributed by atoms with van der Waals surface area (Å²) in [5.74, 6) is 5.08. The molecular formula is C23H36O. The molecule has 2 aliphatic rings. The summed E-state index contributed by atoms with van der Waals surface area (Å²) in [6.45, 7) is 5.23.